The van der Waals surface area contributed by atoms with Crippen molar-refractivity contribution in [3.63, 3.8) is 0 Å². The number of methoxy groups -OCH3 is 1. The molecular formula is C14H22N2O3. The Morgan fingerprint density at radius 3 is 2.84 bits per heavy atom. The molecule has 0 aromatic carbocycles. The number of rotatable bonds is 8. The topological polar surface area (TPSA) is 62.7 Å². The third-order valence-electron chi connectivity index (χ3n) is 2.72. The van der Waals surface area contributed by atoms with Crippen molar-refractivity contribution >= 4 is 5.97 Å². The number of pyridine rings is 1. The van der Waals surface area contributed by atoms with Crippen molar-refractivity contribution in [2.75, 3.05) is 26.8 Å². The minimum atomic E-state index is -0.980. The Hall–Kier alpha value is -1.46. The molecule has 1 aromatic heterocycles. The van der Waals surface area contributed by atoms with Gasteiger partial charge >= 0.3 is 5.97 Å². The number of hydrogen-bond donors (Lipinski definition) is 1. The highest BCUT2D eigenvalue weighted by Crippen LogP contribution is 2.11. The fraction of sp³-hybridized carbons (Fsp3) is 0.571. The lowest BCUT2D eigenvalue weighted by Gasteiger charge is -2.24. The SMILES string of the molecule is COCCN(Cc1cccnc1C(=O)O)CC(C)C. The number of ether oxygens (including phenoxy) is 1. The van der Waals surface area contributed by atoms with Gasteiger partial charge in [0.2, 0.25) is 0 Å². The van der Waals surface area contributed by atoms with Gasteiger partial charge in [-0.2, -0.15) is 0 Å². The second-order valence-corrected chi connectivity index (χ2v) is 4.94. The van der Waals surface area contributed by atoms with Crippen LogP contribution in [0.2, 0.25) is 0 Å². The lowest BCUT2D eigenvalue weighted by molar-refractivity contribution is 0.0687. The van der Waals surface area contributed by atoms with Gasteiger partial charge in [-0.15, -0.1) is 0 Å². The zero-order chi connectivity index (χ0) is 14.3. The standard InChI is InChI=1S/C14H22N2O3/c1-11(2)9-16(7-8-19-3)10-12-5-4-6-15-13(12)14(17)18/h4-6,11H,7-10H2,1-3H3,(H,17,18). The van der Waals surface area contributed by atoms with E-state index in [2.05, 4.69) is 23.7 Å². The fourth-order valence-corrected chi connectivity index (χ4v) is 1.97. The Morgan fingerprint density at radius 1 is 1.53 bits per heavy atom. The van der Waals surface area contributed by atoms with Crippen molar-refractivity contribution in [1.82, 2.24) is 9.88 Å². The first-order chi connectivity index (χ1) is 9.04. The molecule has 1 rings (SSSR count). The quantitative estimate of drug-likeness (QED) is 0.778. The van der Waals surface area contributed by atoms with Crippen LogP contribution in [0.15, 0.2) is 18.3 Å². The number of nitrogens with zero attached hydrogens (tertiary/aromatic N) is 2. The molecule has 5 nitrogen and oxygen atoms in total. The molecule has 0 unspecified atom stereocenters. The normalized spacial score (nSPS) is 11.2. The maximum absolute atomic E-state index is 11.1. The predicted octanol–water partition coefficient (Wildman–Crippen LogP) is 1.88. The Labute approximate surface area is 114 Å². The van der Waals surface area contributed by atoms with E-state index in [0.717, 1.165) is 18.7 Å². The van der Waals surface area contributed by atoms with E-state index in [0.29, 0.717) is 19.1 Å². The molecule has 1 N–H and O–H groups in total. The molecule has 0 bridgehead atoms. The molecular weight excluding hydrogens is 244 g/mol. The van der Waals surface area contributed by atoms with Crippen LogP contribution in [0.1, 0.15) is 29.9 Å². The van der Waals surface area contributed by atoms with Crippen LogP contribution in [0, 0.1) is 5.92 Å². The van der Waals surface area contributed by atoms with E-state index in [1.165, 1.54) is 6.20 Å². The number of aromatic nitrogens is 1. The molecule has 5 heteroatoms. The highest BCUT2D eigenvalue weighted by molar-refractivity contribution is 5.86. The summed E-state index contributed by atoms with van der Waals surface area (Å²) in [6.07, 6.45) is 1.51. The number of carboxylic acids is 1. The van der Waals surface area contributed by atoms with Gasteiger partial charge in [0.1, 0.15) is 0 Å². The molecule has 0 radical (unpaired) electrons. The third-order valence-corrected chi connectivity index (χ3v) is 2.72. The van der Waals surface area contributed by atoms with E-state index in [1.54, 1.807) is 13.2 Å². The Morgan fingerprint density at radius 2 is 2.26 bits per heavy atom. The molecule has 0 aliphatic heterocycles. The van der Waals surface area contributed by atoms with Crippen molar-refractivity contribution in [2.45, 2.75) is 20.4 Å². The van der Waals surface area contributed by atoms with Gasteiger partial charge in [-0.25, -0.2) is 9.78 Å². The molecule has 1 heterocycles. The Balaban J connectivity index is 2.80. The number of carboxylic acid groups (broad SMARTS) is 1. The average molecular weight is 266 g/mol. The summed E-state index contributed by atoms with van der Waals surface area (Å²) < 4.78 is 5.10. The van der Waals surface area contributed by atoms with Gasteiger partial charge in [0.05, 0.1) is 6.61 Å². The summed E-state index contributed by atoms with van der Waals surface area (Å²) in [5, 5.41) is 9.13. The molecule has 0 amide bonds. The third kappa shape index (κ3) is 5.36. The van der Waals surface area contributed by atoms with Crippen molar-refractivity contribution in [3.05, 3.63) is 29.6 Å². The second kappa shape index (κ2) is 7.86. The molecule has 0 saturated heterocycles. The van der Waals surface area contributed by atoms with Crippen molar-refractivity contribution in [3.8, 4) is 0 Å². The van der Waals surface area contributed by atoms with Gasteiger partial charge in [0.25, 0.3) is 0 Å². The molecule has 1 aromatic rings. The van der Waals surface area contributed by atoms with Gasteiger partial charge in [-0.05, 0) is 17.5 Å². The van der Waals surface area contributed by atoms with Crippen LogP contribution >= 0.6 is 0 Å². The van der Waals surface area contributed by atoms with E-state index in [1.807, 2.05) is 6.07 Å². The van der Waals surface area contributed by atoms with Crippen LogP contribution in [0.4, 0.5) is 0 Å². The predicted molar refractivity (Wildman–Crippen MR) is 73.2 cm³/mol. The first-order valence-electron chi connectivity index (χ1n) is 6.43. The molecule has 0 aliphatic carbocycles. The number of hydrogen-bond acceptors (Lipinski definition) is 4. The molecule has 0 aliphatic rings. The number of aromatic carboxylic acids is 1. The minimum Gasteiger partial charge on any atom is -0.477 e. The summed E-state index contributed by atoms with van der Waals surface area (Å²) in [7, 11) is 1.67. The summed E-state index contributed by atoms with van der Waals surface area (Å²) in [6, 6.07) is 3.59. The zero-order valence-corrected chi connectivity index (χ0v) is 11.8. The minimum absolute atomic E-state index is 0.133. The van der Waals surface area contributed by atoms with E-state index in [-0.39, 0.29) is 5.69 Å². The average Bonchev–Trinajstić information content (AvgIpc) is 2.35. The molecule has 106 valence electrons. The lowest BCUT2D eigenvalue weighted by atomic mass is 10.1. The maximum atomic E-state index is 11.1. The lowest BCUT2D eigenvalue weighted by Crippen LogP contribution is -2.31. The molecule has 0 fully saturated rings. The highest BCUT2D eigenvalue weighted by Gasteiger charge is 2.15. The molecule has 19 heavy (non-hydrogen) atoms. The summed E-state index contributed by atoms with van der Waals surface area (Å²) in [5.41, 5.74) is 0.875. The highest BCUT2D eigenvalue weighted by atomic mass is 16.5. The second-order valence-electron chi connectivity index (χ2n) is 4.94. The van der Waals surface area contributed by atoms with Crippen LogP contribution < -0.4 is 0 Å². The van der Waals surface area contributed by atoms with Gasteiger partial charge in [0.15, 0.2) is 5.69 Å². The van der Waals surface area contributed by atoms with Crippen molar-refractivity contribution < 1.29 is 14.6 Å². The van der Waals surface area contributed by atoms with E-state index in [9.17, 15) is 4.79 Å². The van der Waals surface area contributed by atoms with Crippen LogP contribution in [-0.2, 0) is 11.3 Å². The van der Waals surface area contributed by atoms with E-state index < -0.39 is 5.97 Å². The van der Waals surface area contributed by atoms with E-state index >= 15 is 0 Å². The zero-order valence-electron chi connectivity index (χ0n) is 11.8. The van der Waals surface area contributed by atoms with Crippen LogP contribution in [0.5, 0.6) is 0 Å². The molecule has 0 saturated carbocycles. The van der Waals surface area contributed by atoms with E-state index in [4.69, 9.17) is 9.84 Å². The van der Waals surface area contributed by atoms with Gasteiger partial charge < -0.3 is 9.84 Å². The van der Waals surface area contributed by atoms with Gasteiger partial charge in [-0.3, -0.25) is 4.90 Å². The largest absolute Gasteiger partial charge is 0.477 e. The summed E-state index contributed by atoms with van der Waals surface area (Å²) in [4.78, 5) is 17.3. The smallest absolute Gasteiger partial charge is 0.354 e. The summed E-state index contributed by atoms with van der Waals surface area (Å²) >= 11 is 0. The van der Waals surface area contributed by atoms with Crippen LogP contribution in [-0.4, -0.2) is 47.8 Å². The Bertz CT molecular complexity index is 407. The van der Waals surface area contributed by atoms with Crippen LogP contribution in [0.25, 0.3) is 0 Å². The first kappa shape index (κ1) is 15.6. The number of carbonyl (C=O) groups is 1. The summed E-state index contributed by atoms with van der Waals surface area (Å²) in [5.74, 6) is -0.464. The molecule has 0 atom stereocenters. The summed E-state index contributed by atoms with van der Waals surface area (Å²) in [6.45, 7) is 7.18. The molecule has 0 spiro atoms. The Kier molecular flexibility index (Phi) is 6.45. The maximum Gasteiger partial charge on any atom is 0.354 e. The van der Waals surface area contributed by atoms with Crippen molar-refractivity contribution in [1.29, 1.82) is 0 Å². The fourth-order valence-electron chi connectivity index (χ4n) is 1.97. The van der Waals surface area contributed by atoms with Crippen molar-refractivity contribution in [2.24, 2.45) is 5.92 Å². The van der Waals surface area contributed by atoms with Gasteiger partial charge in [0, 0.05) is 32.9 Å². The van der Waals surface area contributed by atoms with Crippen LogP contribution in [0.3, 0.4) is 0 Å². The first-order valence-corrected chi connectivity index (χ1v) is 6.43. The monoisotopic (exact) mass is 266 g/mol. The van der Waals surface area contributed by atoms with Gasteiger partial charge in [-0.1, -0.05) is 19.9 Å².